The minimum Gasteiger partial charge on any atom is -0.328 e. The molecule has 0 N–H and O–H groups in total. The number of aromatic nitrogens is 2. The Bertz CT molecular complexity index is 1150. The summed E-state index contributed by atoms with van der Waals surface area (Å²) in [5.74, 6) is 0.755. The van der Waals surface area contributed by atoms with E-state index in [1.807, 2.05) is 38.4 Å². The number of fused-ring (bicyclic) bond motifs is 4. The second-order valence-corrected chi connectivity index (χ2v) is 6.70. The molecule has 28 heavy (non-hydrogen) atoms. The number of pyridine rings is 2. The van der Waals surface area contributed by atoms with Crippen LogP contribution in [0.3, 0.4) is 0 Å². The Morgan fingerprint density at radius 1 is 0.821 bits per heavy atom. The van der Waals surface area contributed by atoms with Crippen molar-refractivity contribution in [2.45, 2.75) is 0 Å². The van der Waals surface area contributed by atoms with E-state index in [9.17, 15) is 4.79 Å². The van der Waals surface area contributed by atoms with Crippen LogP contribution < -0.4 is 9.80 Å². The van der Waals surface area contributed by atoms with E-state index in [0.29, 0.717) is 28.2 Å². The maximum Gasteiger partial charge on any atom is 0.214 e. The lowest BCUT2D eigenvalue weighted by molar-refractivity contribution is 0.106. The Kier molecular flexibility index (Phi) is 3.58. The Labute approximate surface area is 162 Å². The van der Waals surface area contributed by atoms with Crippen molar-refractivity contribution in [2.24, 2.45) is 4.99 Å². The molecule has 0 radical (unpaired) electrons. The van der Waals surface area contributed by atoms with Gasteiger partial charge in [0.25, 0.3) is 0 Å². The van der Waals surface area contributed by atoms with Gasteiger partial charge in [-0.05, 0) is 36.4 Å². The molecule has 6 nitrogen and oxygen atoms in total. The molecule has 1 aliphatic carbocycles. The van der Waals surface area contributed by atoms with Crippen LogP contribution in [0.15, 0.2) is 77.9 Å². The van der Waals surface area contributed by atoms with Crippen molar-refractivity contribution in [3.05, 3.63) is 84.1 Å². The lowest BCUT2D eigenvalue weighted by Gasteiger charge is -2.19. The molecule has 136 valence electrons. The maximum absolute atomic E-state index is 13.1. The van der Waals surface area contributed by atoms with E-state index in [1.54, 1.807) is 30.7 Å². The highest BCUT2D eigenvalue weighted by molar-refractivity contribution is 6.54. The zero-order valence-electron chi connectivity index (χ0n) is 15.5. The van der Waals surface area contributed by atoms with Crippen LogP contribution in [0.25, 0.3) is 11.4 Å². The summed E-state index contributed by atoms with van der Waals surface area (Å²) in [6, 6.07) is 15.4. The van der Waals surface area contributed by atoms with Crippen LogP contribution in [-0.2, 0) is 0 Å². The number of nitrogens with zero attached hydrogens (tertiary/aromatic N) is 5. The third-order valence-corrected chi connectivity index (χ3v) is 5.16. The highest BCUT2D eigenvalue weighted by Gasteiger charge is 2.31. The van der Waals surface area contributed by atoms with Gasteiger partial charge in [0.15, 0.2) is 0 Å². The normalized spacial score (nSPS) is 16.1. The number of carbonyl (C=O) groups is 1. The third kappa shape index (κ3) is 2.28. The summed E-state index contributed by atoms with van der Waals surface area (Å²) in [5.41, 5.74) is 5.11. The topological polar surface area (TPSA) is 61.7 Å². The number of carbonyl (C=O) groups excluding carboxylic acids is 1. The Morgan fingerprint density at radius 3 is 2.04 bits per heavy atom. The lowest BCUT2D eigenvalue weighted by atomic mass is 9.90. The molecule has 0 fully saturated rings. The molecule has 3 aromatic rings. The molecular formula is C22H17N5O. The molecule has 1 aromatic carbocycles. The smallest absolute Gasteiger partial charge is 0.214 e. The van der Waals surface area contributed by atoms with Gasteiger partial charge in [0.1, 0.15) is 17.2 Å². The molecule has 0 bridgehead atoms. The molecule has 5 rings (SSSR count). The SMILES string of the molecule is CN1C(=C/N=C2\C(=O)c3cccnc3-c3ncccc32)N(C)c2ccccc21. The van der Waals surface area contributed by atoms with Crippen molar-refractivity contribution < 1.29 is 4.79 Å². The molecule has 6 heteroatoms. The molecule has 3 heterocycles. The summed E-state index contributed by atoms with van der Waals surface area (Å²) in [4.78, 5) is 30.7. The number of para-hydroxylation sites is 2. The number of anilines is 2. The zero-order chi connectivity index (χ0) is 19.3. The van der Waals surface area contributed by atoms with E-state index in [0.717, 1.165) is 17.2 Å². The molecular weight excluding hydrogens is 350 g/mol. The van der Waals surface area contributed by atoms with E-state index in [4.69, 9.17) is 0 Å². The number of aliphatic imine (C=N–C) groups is 1. The number of hydrogen-bond donors (Lipinski definition) is 0. The van der Waals surface area contributed by atoms with Gasteiger partial charge in [0.2, 0.25) is 5.78 Å². The third-order valence-electron chi connectivity index (χ3n) is 5.16. The summed E-state index contributed by atoms with van der Waals surface area (Å²) < 4.78 is 0. The standard InChI is InChI=1S/C22H17N5O/c1-26-16-9-3-4-10-17(16)27(2)18(26)13-25-21-14-7-5-11-23-19(14)20-15(22(21)28)8-6-12-24-20/h3-13H,1-2H3/b25-21-. The Balaban J connectivity index is 1.64. The van der Waals surface area contributed by atoms with Gasteiger partial charge in [0.05, 0.1) is 28.8 Å². The molecule has 1 aliphatic heterocycles. The van der Waals surface area contributed by atoms with Gasteiger partial charge in [-0.25, -0.2) is 4.99 Å². The van der Waals surface area contributed by atoms with E-state index in [2.05, 4.69) is 36.9 Å². The van der Waals surface area contributed by atoms with E-state index < -0.39 is 0 Å². The van der Waals surface area contributed by atoms with E-state index in [1.165, 1.54) is 0 Å². The fourth-order valence-electron chi connectivity index (χ4n) is 3.74. The van der Waals surface area contributed by atoms with Gasteiger partial charge >= 0.3 is 0 Å². The summed E-state index contributed by atoms with van der Waals surface area (Å²) in [7, 11) is 3.98. The van der Waals surface area contributed by atoms with Gasteiger partial charge in [-0.3, -0.25) is 14.8 Å². The molecule has 2 aromatic heterocycles. The predicted octanol–water partition coefficient (Wildman–Crippen LogP) is 3.51. The summed E-state index contributed by atoms with van der Waals surface area (Å²) in [6.07, 6.45) is 5.12. The van der Waals surface area contributed by atoms with Gasteiger partial charge in [-0.15, -0.1) is 0 Å². The quantitative estimate of drug-likeness (QED) is 0.659. The first-order chi connectivity index (χ1) is 13.7. The van der Waals surface area contributed by atoms with Gasteiger partial charge in [-0.2, -0.15) is 0 Å². The van der Waals surface area contributed by atoms with Crippen LogP contribution in [0, 0.1) is 0 Å². The van der Waals surface area contributed by atoms with E-state index in [-0.39, 0.29) is 5.78 Å². The average Bonchev–Trinajstić information content (AvgIpc) is 2.99. The minimum absolute atomic E-state index is 0.138. The first-order valence-corrected chi connectivity index (χ1v) is 8.97. The average molecular weight is 367 g/mol. The van der Waals surface area contributed by atoms with Crippen molar-refractivity contribution in [1.82, 2.24) is 9.97 Å². The second-order valence-electron chi connectivity index (χ2n) is 6.70. The summed E-state index contributed by atoms with van der Waals surface area (Å²) in [5, 5.41) is 0. The molecule has 0 atom stereocenters. The molecule has 0 saturated carbocycles. The number of ketones is 1. The first-order valence-electron chi connectivity index (χ1n) is 8.97. The highest BCUT2D eigenvalue weighted by atomic mass is 16.1. The van der Waals surface area contributed by atoms with Crippen molar-refractivity contribution in [3.8, 4) is 11.4 Å². The van der Waals surface area contributed by atoms with Crippen molar-refractivity contribution in [2.75, 3.05) is 23.9 Å². The molecule has 0 spiro atoms. The number of benzene rings is 1. The fourth-order valence-corrected chi connectivity index (χ4v) is 3.74. The van der Waals surface area contributed by atoms with Crippen LogP contribution in [-0.4, -0.2) is 35.6 Å². The van der Waals surface area contributed by atoms with Crippen molar-refractivity contribution >= 4 is 22.9 Å². The van der Waals surface area contributed by atoms with Gasteiger partial charge in [-0.1, -0.05) is 12.1 Å². The number of Topliss-reactive ketones (excluding diaryl/α,β-unsaturated/α-hetero) is 1. The van der Waals surface area contributed by atoms with Crippen LogP contribution in [0.4, 0.5) is 11.4 Å². The van der Waals surface area contributed by atoms with E-state index >= 15 is 0 Å². The maximum atomic E-state index is 13.1. The van der Waals surface area contributed by atoms with Gasteiger partial charge in [0, 0.05) is 32.1 Å². The Morgan fingerprint density at radius 2 is 1.39 bits per heavy atom. The fraction of sp³-hybridized carbons (Fsp3) is 0.0909. The second kappa shape index (κ2) is 6.13. The number of hydrogen-bond acceptors (Lipinski definition) is 6. The monoisotopic (exact) mass is 367 g/mol. The Hall–Kier alpha value is -3.80. The van der Waals surface area contributed by atoms with Crippen molar-refractivity contribution in [3.63, 3.8) is 0 Å². The largest absolute Gasteiger partial charge is 0.328 e. The van der Waals surface area contributed by atoms with Crippen LogP contribution >= 0.6 is 0 Å². The molecule has 0 saturated heterocycles. The molecule has 0 unspecified atom stereocenters. The van der Waals surface area contributed by atoms with Crippen LogP contribution in [0.2, 0.25) is 0 Å². The first kappa shape index (κ1) is 16.4. The van der Waals surface area contributed by atoms with Gasteiger partial charge < -0.3 is 9.80 Å². The summed E-state index contributed by atoms with van der Waals surface area (Å²) in [6.45, 7) is 0. The highest BCUT2D eigenvalue weighted by Crippen LogP contribution is 2.39. The van der Waals surface area contributed by atoms with Crippen molar-refractivity contribution in [1.29, 1.82) is 0 Å². The predicted molar refractivity (Wildman–Crippen MR) is 110 cm³/mol. The molecule has 2 aliphatic rings. The number of rotatable bonds is 1. The lowest BCUT2D eigenvalue weighted by Crippen LogP contribution is -2.25. The minimum atomic E-state index is -0.138. The molecule has 0 amide bonds. The zero-order valence-corrected chi connectivity index (χ0v) is 15.5. The van der Waals surface area contributed by atoms with Crippen LogP contribution in [0.5, 0.6) is 0 Å². The van der Waals surface area contributed by atoms with Crippen LogP contribution in [0.1, 0.15) is 15.9 Å². The summed E-state index contributed by atoms with van der Waals surface area (Å²) >= 11 is 0.